The first-order valence-corrected chi connectivity index (χ1v) is 6.58. The molecule has 2 aromatic rings. The molecule has 0 saturated carbocycles. The molecule has 0 amide bonds. The molecule has 0 aromatic heterocycles. The fourth-order valence-electron chi connectivity index (χ4n) is 2.24. The fourth-order valence-corrected chi connectivity index (χ4v) is 2.24. The summed E-state index contributed by atoms with van der Waals surface area (Å²) in [6, 6.07) is 15.4. The average Bonchev–Trinajstić information content (AvgIpc) is 2.36. The Labute approximate surface area is 110 Å². The quantitative estimate of drug-likeness (QED) is 0.847. The normalized spacial score (nSPS) is 10.6. The van der Waals surface area contributed by atoms with E-state index in [0.717, 1.165) is 13.1 Å². The van der Waals surface area contributed by atoms with E-state index in [-0.39, 0.29) is 0 Å². The Morgan fingerprint density at radius 2 is 1.83 bits per heavy atom. The van der Waals surface area contributed by atoms with Gasteiger partial charge in [0, 0.05) is 6.54 Å². The average molecular weight is 239 g/mol. The Morgan fingerprint density at radius 3 is 2.50 bits per heavy atom. The topological polar surface area (TPSA) is 12.0 Å². The largest absolute Gasteiger partial charge is 0.313 e. The number of rotatable bonds is 4. The highest BCUT2D eigenvalue weighted by atomic mass is 14.8. The first-order valence-electron chi connectivity index (χ1n) is 6.58. The molecular weight excluding hydrogens is 218 g/mol. The van der Waals surface area contributed by atoms with Crippen molar-refractivity contribution in [2.75, 3.05) is 6.54 Å². The SMILES string of the molecule is CCNCc1ccc(-c2cccc(C)c2)c(C)c1. The fraction of sp³-hybridized carbons (Fsp3) is 0.294. The van der Waals surface area contributed by atoms with Crippen molar-refractivity contribution < 1.29 is 0 Å². The van der Waals surface area contributed by atoms with Crippen molar-refractivity contribution in [3.8, 4) is 11.1 Å². The van der Waals surface area contributed by atoms with Crippen LogP contribution in [0, 0.1) is 13.8 Å². The van der Waals surface area contributed by atoms with E-state index in [1.54, 1.807) is 0 Å². The highest BCUT2D eigenvalue weighted by molar-refractivity contribution is 5.68. The smallest absolute Gasteiger partial charge is 0.0205 e. The predicted octanol–water partition coefficient (Wildman–Crippen LogP) is 4.08. The molecule has 2 aromatic carbocycles. The molecule has 0 spiro atoms. The molecule has 2 rings (SSSR count). The van der Waals surface area contributed by atoms with Crippen LogP contribution in [0.5, 0.6) is 0 Å². The predicted molar refractivity (Wildman–Crippen MR) is 78.7 cm³/mol. The summed E-state index contributed by atoms with van der Waals surface area (Å²) in [6.07, 6.45) is 0. The Bertz CT molecular complexity index is 529. The van der Waals surface area contributed by atoms with Gasteiger partial charge >= 0.3 is 0 Å². The Kier molecular flexibility index (Phi) is 4.16. The molecular formula is C17H21N. The molecule has 0 aliphatic heterocycles. The number of hydrogen-bond donors (Lipinski definition) is 1. The highest BCUT2D eigenvalue weighted by Crippen LogP contribution is 2.25. The summed E-state index contributed by atoms with van der Waals surface area (Å²) in [5.74, 6) is 0. The number of nitrogens with one attached hydrogen (secondary N) is 1. The number of hydrogen-bond acceptors (Lipinski definition) is 1. The number of aryl methyl sites for hydroxylation is 2. The Balaban J connectivity index is 2.29. The van der Waals surface area contributed by atoms with Crippen molar-refractivity contribution in [2.24, 2.45) is 0 Å². The lowest BCUT2D eigenvalue weighted by molar-refractivity contribution is 0.726. The van der Waals surface area contributed by atoms with E-state index < -0.39 is 0 Å². The summed E-state index contributed by atoms with van der Waals surface area (Å²) in [4.78, 5) is 0. The standard InChI is InChI=1S/C17H21N/c1-4-18-12-15-8-9-17(14(3)11-15)16-7-5-6-13(2)10-16/h5-11,18H,4,12H2,1-3H3. The maximum Gasteiger partial charge on any atom is 0.0205 e. The van der Waals surface area contributed by atoms with E-state index in [2.05, 4.69) is 68.6 Å². The molecule has 0 radical (unpaired) electrons. The number of benzene rings is 2. The summed E-state index contributed by atoms with van der Waals surface area (Å²) >= 11 is 0. The molecule has 0 fully saturated rings. The van der Waals surface area contributed by atoms with Crippen LogP contribution in [0.4, 0.5) is 0 Å². The van der Waals surface area contributed by atoms with Crippen molar-refractivity contribution in [1.29, 1.82) is 0 Å². The maximum atomic E-state index is 3.36. The second kappa shape index (κ2) is 5.83. The molecule has 0 atom stereocenters. The summed E-state index contributed by atoms with van der Waals surface area (Å²) in [7, 11) is 0. The van der Waals surface area contributed by atoms with Crippen LogP contribution in [0.1, 0.15) is 23.6 Å². The molecule has 1 nitrogen and oxygen atoms in total. The first-order chi connectivity index (χ1) is 8.70. The molecule has 0 aliphatic rings. The van der Waals surface area contributed by atoms with Crippen LogP contribution < -0.4 is 5.32 Å². The van der Waals surface area contributed by atoms with Gasteiger partial charge in [0.05, 0.1) is 0 Å². The van der Waals surface area contributed by atoms with Crippen molar-refractivity contribution in [3.63, 3.8) is 0 Å². The van der Waals surface area contributed by atoms with Crippen molar-refractivity contribution in [3.05, 3.63) is 59.2 Å². The molecule has 0 bridgehead atoms. The van der Waals surface area contributed by atoms with Crippen molar-refractivity contribution in [2.45, 2.75) is 27.3 Å². The van der Waals surface area contributed by atoms with Gasteiger partial charge in [-0.3, -0.25) is 0 Å². The van der Waals surface area contributed by atoms with Gasteiger partial charge in [0.15, 0.2) is 0 Å². The summed E-state index contributed by atoms with van der Waals surface area (Å²) < 4.78 is 0. The van der Waals surface area contributed by atoms with E-state index in [9.17, 15) is 0 Å². The van der Waals surface area contributed by atoms with Gasteiger partial charge in [0.25, 0.3) is 0 Å². The Morgan fingerprint density at radius 1 is 1.00 bits per heavy atom. The lowest BCUT2D eigenvalue weighted by atomic mass is 9.97. The maximum absolute atomic E-state index is 3.36. The summed E-state index contributed by atoms with van der Waals surface area (Å²) in [5, 5.41) is 3.36. The minimum absolute atomic E-state index is 0.950. The third-order valence-corrected chi connectivity index (χ3v) is 3.20. The van der Waals surface area contributed by atoms with Crippen LogP contribution in [0.3, 0.4) is 0 Å². The van der Waals surface area contributed by atoms with Crippen LogP contribution in [0.2, 0.25) is 0 Å². The van der Waals surface area contributed by atoms with Crippen LogP contribution in [-0.4, -0.2) is 6.54 Å². The molecule has 0 aliphatic carbocycles. The van der Waals surface area contributed by atoms with Gasteiger partial charge in [-0.25, -0.2) is 0 Å². The van der Waals surface area contributed by atoms with Gasteiger partial charge in [-0.2, -0.15) is 0 Å². The third-order valence-electron chi connectivity index (χ3n) is 3.20. The zero-order chi connectivity index (χ0) is 13.0. The molecule has 1 heteroatoms. The van der Waals surface area contributed by atoms with Crippen LogP contribution in [0.15, 0.2) is 42.5 Å². The first kappa shape index (κ1) is 12.8. The van der Waals surface area contributed by atoms with E-state index >= 15 is 0 Å². The summed E-state index contributed by atoms with van der Waals surface area (Å²) in [6.45, 7) is 8.42. The van der Waals surface area contributed by atoms with E-state index in [1.165, 1.54) is 27.8 Å². The lowest BCUT2D eigenvalue weighted by Gasteiger charge is -2.10. The summed E-state index contributed by atoms with van der Waals surface area (Å²) in [5.41, 5.74) is 6.65. The van der Waals surface area contributed by atoms with Crippen LogP contribution in [-0.2, 0) is 6.54 Å². The minimum Gasteiger partial charge on any atom is -0.313 e. The molecule has 0 saturated heterocycles. The zero-order valence-corrected chi connectivity index (χ0v) is 11.5. The van der Waals surface area contributed by atoms with E-state index in [4.69, 9.17) is 0 Å². The van der Waals surface area contributed by atoms with E-state index in [0.29, 0.717) is 0 Å². The third kappa shape index (κ3) is 2.99. The second-order valence-electron chi connectivity index (χ2n) is 4.80. The second-order valence-corrected chi connectivity index (χ2v) is 4.80. The van der Waals surface area contributed by atoms with Gasteiger partial charge in [-0.1, -0.05) is 55.0 Å². The van der Waals surface area contributed by atoms with Gasteiger partial charge in [-0.05, 0) is 42.6 Å². The molecule has 0 unspecified atom stereocenters. The lowest BCUT2D eigenvalue weighted by Crippen LogP contribution is -2.11. The van der Waals surface area contributed by atoms with Gasteiger partial charge in [-0.15, -0.1) is 0 Å². The van der Waals surface area contributed by atoms with Gasteiger partial charge < -0.3 is 5.32 Å². The van der Waals surface area contributed by atoms with E-state index in [1.807, 2.05) is 0 Å². The van der Waals surface area contributed by atoms with Crippen molar-refractivity contribution >= 4 is 0 Å². The zero-order valence-electron chi connectivity index (χ0n) is 11.5. The van der Waals surface area contributed by atoms with Crippen LogP contribution in [0.25, 0.3) is 11.1 Å². The molecule has 94 valence electrons. The minimum atomic E-state index is 0.950. The molecule has 18 heavy (non-hydrogen) atoms. The molecule has 1 N–H and O–H groups in total. The Hall–Kier alpha value is -1.60. The van der Waals surface area contributed by atoms with Gasteiger partial charge in [0.2, 0.25) is 0 Å². The van der Waals surface area contributed by atoms with Crippen LogP contribution >= 0.6 is 0 Å². The van der Waals surface area contributed by atoms with Gasteiger partial charge in [0.1, 0.15) is 0 Å². The monoisotopic (exact) mass is 239 g/mol. The highest BCUT2D eigenvalue weighted by Gasteiger charge is 2.03. The van der Waals surface area contributed by atoms with Crippen molar-refractivity contribution in [1.82, 2.24) is 5.32 Å². The molecule has 0 heterocycles.